The van der Waals surface area contributed by atoms with E-state index in [2.05, 4.69) is 0 Å². The maximum absolute atomic E-state index is 12.5. The van der Waals surface area contributed by atoms with E-state index in [0.717, 1.165) is 23.3 Å². The van der Waals surface area contributed by atoms with Gasteiger partial charge in [-0.15, -0.1) is 0 Å². The van der Waals surface area contributed by atoms with Crippen LogP contribution in [0.15, 0.2) is 23.1 Å². The van der Waals surface area contributed by atoms with Gasteiger partial charge in [0.05, 0.1) is 4.91 Å². The molecular formula is C17H17NO4S2. The fourth-order valence-electron chi connectivity index (χ4n) is 2.76. The van der Waals surface area contributed by atoms with Gasteiger partial charge < -0.3 is 9.84 Å². The van der Waals surface area contributed by atoms with Crippen molar-refractivity contribution in [2.45, 2.75) is 32.3 Å². The maximum atomic E-state index is 12.5. The zero-order chi connectivity index (χ0) is 17.3. The summed E-state index contributed by atoms with van der Waals surface area (Å²) < 4.78 is 6.16. The van der Waals surface area contributed by atoms with Crippen LogP contribution < -0.4 is 4.74 Å². The number of thioether (sulfide) groups is 1. The van der Waals surface area contributed by atoms with Gasteiger partial charge in [-0.2, -0.15) is 0 Å². The van der Waals surface area contributed by atoms with Crippen LogP contribution in [0, 0.1) is 0 Å². The molecule has 24 heavy (non-hydrogen) atoms. The number of fused-ring (bicyclic) bond motifs is 1. The zero-order valence-electron chi connectivity index (χ0n) is 13.2. The number of carboxylic acid groups (broad SMARTS) is 1. The van der Waals surface area contributed by atoms with Crippen molar-refractivity contribution in [3.8, 4) is 5.75 Å². The first-order chi connectivity index (χ1) is 11.4. The van der Waals surface area contributed by atoms with Crippen LogP contribution in [0.3, 0.4) is 0 Å². The van der Waals surface area contributed by atoms with Crippen LogP contribution in [0.5, 0.6) is 5.75 Å². The van der Waals surface area contributed by atoms with E-state index in [0.29, 0.717) is 22.2 Å². The van der Waals surface area contributed by atoms with E-state index in [4.69, 9.17) is 22.1 Å². The molecular weight excluding hydrogens is 346 g/mol. The van der Waals surface area contributed by atoms with Crippen LogP contribution in [0.2, 0.25) is 0 Å². The molecule has 0 aliphatic carbocycles. The van der Waals surface area contributed by atoms with Crippen molar-refractivity contribution in [3.63, 3.8) is 0 Å². The van der Waals surface area contributed by atoms with Crippen molar-refractivity contribution in [3.05, 3.63) is 34.2 Å². The third-order valence-corrected chi connectivity index (χ3v) is 5.24. The lowest BCUT2D eigenvalue weighted by atomic mass is 10.1. The van der Waals surface area contributed by atoms with Gasteiger partial charge in [0.25, 0.3) is 5.91 Å². The predicted octanol–water partition coefficient (Wildman–Crippen LogP) is 3.08. The normalized spacial score (nSPS) is 21.3. The molecule has 3 rings (SSSR count). The highest BCUT2D eigenvalue weighted by atomic mass is 32.2. The van der Waals surface area contributed by atoms with Crippen LogP contribution in [-0.4, -0.2) is 38.9 Å². The third-order valence-electron chi connectivity index (χ3n) is 3.86. The molecule has 0 bridgehead atoms. The summed E-state index contributed by atoms with van der Waals surface area (Å²) >= 11 is 6.50. The van der Waals surface area contributed by atoms with Gasteiger partial charge in [0.1, 0.15) is 16.2 Å². The molecule has 126 valence electrons. The Morgan fingerprint density at radius 2 is 2.33 bits per heavy atom. The summed E-state index contributed by atoms with van der Waals surface area (Å²) in [5, 5.41) is 8.70. The number of benzene rings is 1. The van der Waals surface area contributed by atoms with E-state index < -0.39 is 5.97 Å². The molecule has 2 aliphatic rings. The van der Waals surface area contributed by atoms with Gasteiger partial charge >= 0.3 is 5.97 Å². The van der Waals surface area contributed by atoms with E-state index in [1.54, 1.807) is 0 Å². The van der Waals surface area contributed by atoms with Gasteiger partial charge in [-0.3, -0.25) is 14.5 Å². The molecule has 1 aromatic carbocycles. The quantitative estimate of drug-likeness (QED) is 0.641. The molecule has 1 aromatic rings. The number of hydrogen-bond acceptors (Lipinski definition) is 5. The lowest BCUT2D eigenvalue weighted by Crippen LogP contribution is -2.29. The Balaban J connectivity index is 1.72. The van der Waals surface area contributed by atoms with Gasteiger partial charge in [-0.05, 0) is 42.7 Å². The maximum Gasteiger partial charge on any atom is 0.303 e. The highest BCUT2D eigenvalue weighted by Gasteiger charge is 2.31. The summed E-state index contributed by atoms with van der Waals surface area (Å²) in [4.78, 5) is 25.1. The zero-order valence-corrected chi connectivity index (χ0v) is 14.8. The number of ether oxygens (including phenoxy) is 1. The first kappa shape index (κ1) is 17.0. The average Bonchev–Trinajstić information content (AvgIpc) is 3.00. The van der Waals surface area contributed by atoms with Crippen molar-refractivity contribution in [2.75, 3.05) is 6.54 Å². The van der Waals surface area contributed by atoms with Crippen LogP contribution >= 0.6 is 24.0 Å². The molecule has 1 saturated heterocycles. The highest BCUT2D eigenvalue weighted by Crippen LogP contribution is 2.34. The molecule has 1 fully saturated rings. The van der Waals surface area contributed by atoms with E-state index >= 15 is 0 Å². The lowest BCUT2D eigenvalue weighted by molar-refractivity contribution is -0.137. The molecule has 0 aromatic heterocycles. The first-order valence-corrected chi connectivity index (χ1v) is 8.93. The lowest BCUT2D eigenvalue weighted by Gasteiger charge is -2.13. The number of rotatable bonds is 5. The molecule has 7 heteroatoms. The first-order valence-electron chi connectivity index (χ1n) is 7.71. The summed E-state index contributed by atoms with van der Waals surface area (Å²) in [6.45, 7) is 2.37. The Labute approximate surface area is 149 Å². The predicted molar refractivity (Wildman–Crippen MR) is 97.0 cm³/mol. The van der Waals surface area contributed by atoms with Gasteiger partial charge in [0.15, 0.2) is 0 Å². The fraction of sp³-hybridized carbons (Fsp3) is 0.353. The smallest absolute Gasteiger partial charge is 0.303 e. The van der Waals surface area contributed by atoms with Crippen molar-refractivity contribution in [2.24, 2.45) is 0 Å². The standard InChI is InChI=1S/C17H17NO4S2/c1-10-7-12-8-11(4-5-13(12)22-10)9-14-16(21)18(17(23)24-14)6-2-3-15(19)20/h4-5,8-10H,2-3,6-7H2,1H3,(H,19,20)/b14-9+/t10-/m0/s1. The van der Waals surface area contributed by atoms with Crippen molar-refractivity contribution in [1.82, 2.24) is 4.90 Å². The Morgan fingerprint density at radius 1 is 1.54 bits per heavy atom. The topological polar surface area (TPSA) is 66.8 Å². The van der Waals surface area contributed by atoms with E-state index in [1.807, 2.05) is 31.2 Å². The van der Waals surface area contributed by atoms with E-state index in [-0.39, 0.29) is 18.4 Å². The number of aliphatic carboxylic acids is 1. The Hall–Kier alpha value is -1.86. The van der Waals surface area contributed by atoms with Gasteiger partial charge in [0, 0.05) is 19.4 Å². The minimum atomic E-state index is -0.870. The monoisotopic (exact) mass is 363 g/mol. The summed E-state index contributed by atoms with van der Waals surface area (Å²) in [7, 11) is 0. The molecule has 0 saturated carbocycles. The minimum Gasteiger partial charge on any atom is -0.490 e. The average molecular weight is 363 g/mol. The minimum absolute atomic E-state index is 0.0269. The number of carboxylic acids is 1. The summed E-state index contributed by atoms with van der Waals surface area (Å²) in [6.07, 6.45) is 3.30. The van der Waals surface area contributed by atoms with E-state index in [9.17, 15) is 9.59 Å². The van der Waals surface area contributed by atoms with Crippen molar-refractivity contribution < 1.29 is 19.4 Å². The van der Waals surface area contributed by atoms with Gasteiger partial charge in [-0.25, -0.2) is 0 Å². The number of carbonyl (C=O) groups excluding carboxylic acids is 1. The largest absolute Gasteiger partial charge is 0.490 e. The Kier molecular flexibility index (Phi) is 4.91. The number of hydrogen-bond donors (Lipinski definition) is 1. The van der Waals surface area contributed by atoms with Gasteiger partial charge in [-0.1, -0.05) is 30.0 Å². The van der Waals surface area contributed by atoms with Crippen molar-refractivity contribution in [1.29, 1.82) is 0 Å². The SMILES string of the molecule is C[C@H]1Cc2cc(/C=C3/SC(=S)N(CCCC(=O)O)C3=O)ccc2O1. The van der Waals surface area contributed by atoms with E-state index in [1.165, 1.54) is 16.7 Å². The second kappa shape index (κ2) is 6.94. The fourth-order valence-corrected chi connectivity index (χ4v) is 4.07. The highest BCUT2D eigenvalue weighted by molar-refractivity contribution is 8.26. The molecule has 0 radical (unpaired) electrons. The molecule has 1 atom stereocenters. The molecule has 1 amide bonds. The molecule has 2 heterocycles. The molecule has 0 spiro atoms. The summed E-state index contributed by atoms with van der Waals surface area (Å²) in [5.74, 6) is -0.119. The number of nitrogens with zero attached hydrogens (tertiary/aromatic N) is 1. The number of carbonyl (C=O) groups is 2. The Morgan fingerprint density at radius 3 is 3.08 bits per heavy atom. The van der Waals surface area contributed by atoms with Gasteiger partial charge in [0.2, 0.25) is 0 Å². The second-order valence-electron chi connectivity index (χ2n) is 5.83. The molecule has 5 nitrogen and oxygen atoms in total. The van der Waals surface area contributed by atoms with Crippen LogP contribution in [0.25, 0.3) is 6.08 Å². The third kappa shape index (κ3) is 3.62. The molecule has 0 unspecified atom stereocenters. The van der Waals surface area contributed by atoms with Crippen molar-refractivity contribution >= 4 is 46.3 Å². The second-order valence-corrected chi connectivity index (χ2v) is 7.51. The number of thiocarbonyl (C=S) groups is 1. The molecule has 2 aliphatic heterocycles. The van der Waals surface area contributed by atoms with Crippen LogP contribution in [0.1, 0.15) is 30.9 Å². The Bertz CT molecular complexity index is 744. The number of amides is 1. The summed E-state index contributed by atoms with van der Waals surface area (Å²) in [6, 6.07) is 5.89. The molecule has 1 N–H and O–H groups in total. The van der Waals surface area contributed by atoms with Crippen LogP contribution in [-0.2, 0) is 16.0 Å². The van der Waals surface area contributed by atoms with Crippen LogP contribution in [0.4, 0.5) is 0 Å². The summed E-state index contributed by atoms with van der Waals surface area (Å²) in [5.41, 5.74) is 2.09.